The molecule has 0 N–H and O–H groups in total. The number of fused-ring (bicyclic) bond motifs is 9. The van der Waals surface area contributed by atoms with Crippen LogP contribution in [0.25, 0.3) is 45.3 Å². The molecule has 1 spiro atoms. The van der Waals surface area contributed by atoms with E-state index >= 15 is 0 Å². The van der Waals surface area contributed by atoms with Crippen molar-refractivity contribution in [1.82, 2.24) is 15.0 Å². The highest BCUT2D eigenvalue weighted by Gasteiger charge is 2.51. The summed E-state index contributed by atoms with van der Waals surface area (Å²) in [5, 5.41) is 0. The van der Waals surface area contributed by atoms with Gasteiger partial charge in [0.05, 0.1) is 16.8 Å². The first-order valence-electron chi connectivity index (χ1n) is 17.0. The van der Waals surface area contributed by atoms with Gasteiger partial charge in [0.25, 0.3) is 0 Å². The number of rotatable bonds is 4. The molecule has 4 nitrogen and oxygen atoms in total. The van der Waals surface area contributed by atoms with Gasteiger partial charge in [0.2, 0.25) is 0 Å². The van der Waals surface area contributed by atoms with Crippen molar-refractivity contribution < 1.29 is 0 Å². The van der Waals surface area contributed by atoms with Gasteiger partial charge in [-0.2, -0.15) is 0 Å². The van der Waals surface area contributed by atoms with Gasteiger partial charge in [-0.05, 0) is 57.6 Å². The van der Waals surface area contributed by atoms with Gasteiger partial charge in [-0.1, -0.05) is 158 Å². The maximum Gasteiger partial charge on any atom is 0.164 e. The smallest absolute Gasteiger partial charge is 0.164 e. The molecule has 2 heterocycles. The van der Waals surface area contributed by atoms with Gasteiger partial charge in [0.15, 0.2) is 17.5 Å². The molecule has 1 aliphatic heterocycles. The lowest BCUT2D eigenvalue weighted by atomic mass is 9.64. The maximum absolute atomic E-state index is 5.11. The number of aromatic nitrogens is 3. The molecule has 1 aliphatic carbocycles. The molecule has 234 valence electrons. The number of hydrogen-bond acceptors (Lipinski definition) is 4. The first-order chi connectivity index (χ1) is 24.8. The largest absolute Gasteiger partial charge is 0.310 e. The number of benzene rings is 7. The van der Waals surface area contributed by atoms with Gasteiger partial charge < -0.3 is 4.90 Å². The Morgan fingerprint density at radius 3 is 1.36 bits per heavy atom. The highest BCUT2D eigenvalue weighted by atomic mass is 15.2. The molecular formula is C46H30N4. The first-order valence-corrected chi connectivity index (χ1v) is 17.0. The van der Waals surface area contributed by atoms with Gasteiger partial charge in [-0.3, -0.25) is 0 Å². The Hall–Kier alpha value is -6.65. The minimum absolute atomic E-state index is 0.508. The molecule has 7 aromatic carbocycles. The molecule has 4 heteroatoms. The third-order valence-electron chi connectivity index (χ3n) is 10.1. The Labute approximate surface area is 291 Å². The standard InChI is InChI=1S/C46H30N4/c1-4-16-31(17-5-1)43-47-44(32-18-6-2-7-19-32)49-45(48-43)33-28-29-40-42(30-33)50(34-20-8-3-9-21-34)41-27-15-14-26-39(41)46(40)37-24-12-10-22-35(37)36-23-11-13-25-38(36)46/h1-30H. The van der Waals surface area contributed by atoms with Crippen LogP contribution in [0.5, 0.6) is 0 Å². The fourth-order valence-electron chi connectivity index (χ4n) is 8.04. The molecule has 0 unspecified atom stereocenters. The summed E-state index contributed by atoms with van der Waals surface area (Å²) in [6, 6.07) is 64.4. The molecule has 0 amide bonds. The summed E-state index contributed by atoms with van der Waals surface area (Å²) in [4.78, 5) is 17.6. The molecule has 0 bridgehead atoms. The van der Waals surface area contributed by atoms with E-state index in [0.29, 0.717) is 17.5 Å². The average Bonchev–Trinajstić information content (AvgIpc) is 3.49. The Balaban J connectivity index is 1.28. The summed E-state index contributed by atoms with van der Waals surface area (Å²) in [6.45, 7) is 0. The second kappa shape index (κ2) is 11.2. The van der Waals surface area contributed by atoms with Gasteiger partial charge >= 0.3 is 0 Å². The molecular weight excluding hydrogens is 609 g/mol. The van der Waals surface area contributed by atoms with Crippen molar-refractivity contribution in [3.05, 3.63) is 204 Å². The monoisotopic (exact) mass is 638 g/mol. The number of hydrogen-bond donors (Lipinski definition) is 0. The minimum Gasteiger partial charge on any atom is -0.310 e. The predicted molar refractivity (Wildman–Crippen MR) is 202 cm³/mol. The summed E-state index contributed by atoms with van der Waals surface area (Å²) in [6.07, 6.45) is 0. The van der Waals surface area contributed by atoms with Crippen LogP contribution in [0, 0.1) is 0 Å². The summed E-state index contributed by atoms with van der Waals surface area (Å²) in [5.74, 6) is 1.92. The third-order valence-corrected chi connectivity index (χ3v) is 10.1. The topological polar surface area (TPSA) is 41.9 Å². The van der Waals surface area contributed by atoms with Crippen LogP contribution in [0.15, 0.2) is 182 Å². The van der Waals surface area contributed by atoms with E-state index in [1.54, 1.807) is 0 Å². The van der Waals surface area contributed by atoms with Crippen LogP contribution in [0.3, 0.4) is 0 Å². The predicted octanol–water partition coefficient (Wildman–Crippen LogP) is 11.0. The van der Waals surface area contributed by atoms with Gasteiger partial charge in [0, 0.05) is 22.4 Å². The number of nitrogens with zero attached hydrogens (tertiary/aromatic N) is 4. The number of anilines is 3. The van der Waals surface area contributed by atoms with Crippen molar-refractivity contribution in [2.45, 2.75) is 5.41 Å². The highest BCUT2D eigenvalue weighted by molar-refractivity contribution is 5.96. The first kappa shape index (κ1) is 28.4. The van der Waals surface area contributed by atoms with Crippen molar-refractivity contribution in [2.75, 3.05) is 4.90 Å². The van der Waals surface area contributed by atoms with Crippen LogP contribution in [-0.2, 0) is 5.41 Å². The molecule has 0 saturated heterocycles. The van der Waals surface area contributed by atoms with Crippen LogP contribution in [-0.4, -0.2) is 15.0 Å². The molecule has 0 saturated carbocycles. The van der Waals surface area contributed by atoms with Crippen molar-refractivity contribution in [3.63, 3.8) is 0 Å². The molecule has 1 aromatic heterocycles. The normalized spacial score (nSPS) is 13.3. The Bertz CT molecular complexity index is 2440. The van der Waals surface area contributed by atoms with Crippen LogP contribution in [0.1, 0.15) is 22.3 Å². The van der Waals surface area contributed by atoms with Gasteiger partial charge in [-0.25, -0.2) is 15.0 Å². The van der Waals surface area contributed by atoms with E-state index in [1.165, 1.54) is 33.4 Å². The van der Waals surface area contributed by atoms with Crippen molar-refractivity contribution in [1.29, 1.82) is 0 Å². The van der Waals surface area contributed by atoms with E-state index in [2.05, 4.69) is 126 Å². The van der Waals surface area contributed by atoms with Gasteiger partial charge in [0.1, 0.15) is 0 Å². The molecule has 10 rings (SSSR count). The van der Waals surface area contributed by atoms with E-state index in [-0.39, 0.29) is 0 Å². The lowest BCUT2D eigenvalue weighted by molar-refractivity contribution is 0.752. The third kappa shape index (κ3) is 4.15. The quantitative estimate of drug-likeness (QED) is 0.192. The van der Waals surface area contributed by atoms with E-state index in [0.717, 1.165) is 33.8 Å². The number of para-hydroxylation sites is 2. The van der Waals surface area contributed by atoms with Crippen molar-refractivity contribution in [3.8, 4) is 45.3 Å². The summed E-state index contributed by atoms with van der Waals surface area (Å²) >= 11 is 0. The lowest BCUT2D eigenvalue weighted by Crippen LogP contribution is -2.36. The van der Waals surface area contributed by atoms with Crippen molar-refractivity contribution >= 4 is 17.1 Å². The average molecular weight is 639 g/mol. The Kier molecular flexibility index (Phi) is 6.36. The molecule has 2 aliphatic rings. The summed E-state index contributed by atoms with van der Waals surface area (Å²) < 4.78 is 0. The van der Waals surface area contributed by atoms with E-state index in [1.807, 2.05) is 60.7 Å². The van der Waals surface area contributed by atoms with Gasteiger partial charge in [-0.15, -0.1) is 0 Å². The molecule has 0 radical (unpaired) electrons. The second-order valence-corrected chi connectivity index (χ2v) is 12.8. The zero-order valence-corrected chi connectivity index (χ0v) is 27.1. The molecule has 8 aromatic rings. The maximum atomic E-state index is 5.11. The fourth-order valence-corrected chi connectivity index (χ4v) is 8.04. The minimum atomic E-state index is -0.508. The molecule has 0 atom stereocenters. The van der Waals surface area contributed by atoms with Crippen LogP contribution in [0.2, 0.25) is 0 Å². The fraction of sp³-hybridized carbons (Fsp3) is 0.0217. The highest BCUT2D eigenvalue weighted by Crippen LogP contribution is 2.63. The van der Waals surface area contributed by atoms with E-state index in [9.17, 15) is 0 Å². The Morgan fingerprint density at radius 1 is 0.340 bits per heavy atom. The van der Waals surface area contributed by atoms with Crippen LogP contribution in [0.4, 0.5) is 17.1 Å². The van der Waals surface area contributed by atoms with Crippen LogP contribution >= 0.6 is 0 Å². The second-order valence-electron chi connectivity index (χ2n) is 12.8. The van der Waals surface area contributed by atoms with E-state index in [4.69, 9.17) is 15.0 Å². The molecule has 0 fully saturated rings. The SMILES string of the molecule is c1ccc(-c2nc(-c3ccccc3)nc(-c3ccc4c(c3)N(c3ccccc3)c3ccccc3C43c4ccccc4-c4ccccc43)n2)cc1. The van der Waals surface area contributed by atoms with Crippen LogP contribution < -0.4 is 4.90 Å². The Morgan fingerprint density at radius 2 is 0.780 bits per heavy atom. The zero-order chi connectivity index (χ0) is 33.1. The molecule has 50 heavy (non-hydrogen) atoms. The van der Waals surface area contributed by atoms with E-state index < -0.39 is 5.41 Å². The summed E-state index contributed by atoms with van der Waals surface area (Å²) in [7, 11) is 0. The van der Waals surface area contributed by atoms with Crippen molar-refractivity contribution in [2.24, 2.45) is 0 Å². The summed E-state index contributed by atoms with van der Waals surface area (Å²) in [5.41, 5.74) is 13.3. The lowest BCUT2D eigenvalue weighted by Gasteiger charge is -2.45. The zero-order valence-electron chi connectivity index (χ0n) is 27.1.